The molecule has 112 valence electrons. The van der Waals surface area contributed by atoms with Gasteiger partial charge in [0.2, 0.25) is 5.89 Å². The summed E-state index contributed by atoms with van der Waals surface area (Å²) < 4.78 is 5.67. The molecule has 1 aromatic heterocycles. The van der Waals surface area contributed by atoms with E-state index in [1.165, 1.54) is 11.1 Å². The highest BCUT2D eigenvalue weighted by atomic mass is 35.5. The van der Waals surface area contributed by atoms with Gasteiger partial charge in [0.05, 0.1) is 6.42 Å². The third kappa shape index (κ3) is 4.12. The molecule has 0 aliphatic heterocycles. The molecule has 0 N–H and O–H groups in total. The van der Waals surface area contributed by atoms with Crippen LogP contribution >= 0.6 is 23.4 Å². The average molecular weight is 331 g/mol. The van der Waals surface area contributed by atoms with Crippen molar-refractivity contribution in [2.24, 2.45) is 0 Å². The smallest absolute Gasteiger partial charge is 0.276 e. The first-order valence-corrected chi connectivity index (χ1v) is 8.30. The first-order valence-electron chi connectivity index (χ1n) is 6.94. The molecule has 3 nitrogen and oxygen atoms in total. The van der Waals surface area contributed by atoms with Gasteiger partial charge in [-0.15, -0.1) is 10.2 Å². The Labute approximate surface area is 138 Å². The van der Waals surface area contributed by atoms with Crippen LogP contribution in [0.2, 0.25) is 5.02 Å². The maximum atomic E-state index is 5.87. The number of hydrogen-bond donors (Lipinski definition) is 0. The maximum absolute atomic E-state index is 5.87. The minimum absolute atomic E-state index is 0.601. The van der Waals surface area contributed by atoms with E-state index < -0.39 is 0 Å². The fourth-order valence-electron chi connectivity index (χ4n) is 1.97. The maximum Gasteiger partial charge on any atom is 0.276 e. The quantitative estimate of drug-likeness (QED) is 0.623. The molecule has 0 spiro atoms. The van der Waals surface area contributed by atoms with Crippen molar-refractivity contribution in [3.63, 3.8) is 0 Å². The van der Waals surface area contributed by atoms with E-state index in [9.17, 15) is 0 Å². The lowest BCUT2D eigenvalue weighted by atomic mass is 10.1. The predicted molar refractivity (Wildman–Crippen MR) is 89.3 cm³/mol. The second kappa shape index (κ2) is 6.99. The zero-order valence-corrected chi connectivity index (χ0v) is 13.7. The molecular formula is C17H15ClN2OS. The van der Waals surface area contributed by atoms with Crippen LogP contribution in [0.1, 0.15) is 22.6 Å². The Morgan fingerprint density at radius 1 is 0.955 bits per heavy atom. The van der Waals surface area contributed by atoms with Gasteiger partial charge in [-0.05, 0) is 30.2 Å². The molecule has 0 fully saturated rings. The second-order valence-corrected chi connectivity index (χ2v) is 6.40. The van der Waals surface area contributed by atoms with Gasteiger partial charge in [-0.2, -0.15) is 0 Å². The van der Waals surface area contributed by atoms with Gasteiger partial charge in [0.1, 0.15) is 0 Å². The summed E-state index contributed by atoms with van der Waals surface area (Å²) in [6.45, 7) is 2.08. The Morgan fingerprint density at radius 2 is 1.64 bits per heavy atom. The topological polar surface area (TPSA) is 38.9 Å². The van der Waals surface area contributed by atoms with Crippen LogP contribution in [0.25, 0.3) is 0 Å². The summed E-state index contributed by atoms with van der Waals surface area (Å²) in [5, 5.41) is 9.50. The van der Waals surface area contributed by atoms with Gasteiger partial charge >= 0.3 is 0 Å². The molecule has 2 aromatic carbocycles. The molecule has 0 amide bonds. The van der Waals surface area contributed by atoms with Crippen molar-refractivity contribution in [1.82, 2.24) is 10.2 Å². The van der Waals surface area contributed by atoms with Crippen molar-refractivity contribution in [3.8, 4) is 0 Å². The van der Waals surface area contributed by atoms with Crippen LogP contribution in [0, 0.1) is 6.92 Å². The van der Waals surface area contributed by atoms with Crippen LogP contribution in [-0.4, -0.2) is 10.2 Å². The highest BCUT2D eigenvalue weighted by Gasteiger charge is 2.08. The first-order chi connectivity index (χ1) is 10.7. The average Bonchev–Trinajstić information content (AvgIpc) is 2.97. The molecule has 22 heavy (non-hydrogen) atoms. The molecule has 0 aliphatic carbocycles. The lowest BCUT2D eigenvalue weighted by Gasteiger charge is -1.99. The van der Waals surface area contributed by atoms with Crippen LogP contribution in [0.15, 0.2) is 58.2 Å². The number of thioether (sulfide) groups is 1. The molecule has 0 saturated carbocycles. The van der Waals surface area contributed by atoms with Crippen molar-refractivity contribution >= 4 is 23.4 Å². The van der Waals surface area contributed by atoms with Gasteiger partial charge in [0.15, 0.2) is 0 Å². The Morgan fingerprint density at radius 3 is 2.36 bits per heavy atom. The number of aryl methyl sites for hydroxylation is 1. The van der Waals surface area contributed by atoms with E-state index >= 15 is 0 Å². The minimum atomic E-state index is 0.601. The Balaban J connectivity index is 1.59. The third-order valence-electron chi connectivity index (χ3n) is 3.20. The van der Waals surface area contributed by atoms with Crippen LogP contribution in [0.5, 0.6) is 0 Å². The summed E-state index contributed by atoms with van der Waals surface area (Å²) in [4.78, 5) is 0. The van der Waals surface area contributed by atoms with Gasteiger partial charge in [-0.3, -0.25) is 0 Å². The number of halogens is 1. The SMILES string of the molecule is Cc1ccc(CSc2nnc(Cc3ccc(Cl)cc3)o2)cc1. The van der Waals surface area contributed by atoms with Crippen molar-refractivity contribution in [1.29, 1.82) is 0 Å². The van der Waals surface area contributed by atoms with Gasteiger partial charge in [0, 0.05) is 10.8 Å². The van der Waals surface area contributed by atoms with Crippen LogP contribution in [0.4, 0.5) is 0 Å². The number of aromatic nitrogens is 2. The van der Waals surface area contributed by atoms with E-state index in [0.29, 0.717) is 17.5 Å². The molecule has 0 unspecified atom stereocenters. The van der Waals surface area contributed by atoms with Crippen LogP contribution in [-0.2, 0) is 12.2 Å². The van der Waals surface area contributed by atoms with Gasteiger partial charge in [-0.1, -0.05) is 65.3 Å². The highest BCUT2D eigenvalue weighted by molar-refractivity contribution is 7.98. The zero-order valence-electron chi connectivity index (χ0n) is 12.1. The molecule has 5 heteroatoms. The Bertz CT molecular complexity index is 738. The molecule has 3 aromatic rings. The van der Waals surface area contributed by atoms with Gasteiger partial charge in [-0.25, -0.2) is 0 Å². The number of nitrogens with zero attached hydrogens (tertiary/aromatic N) is 2. The van der Waals surface area contributed by atoms with E-state index in [1.54, 1.807) is 11.8 Å². The first kappa shape index (κ1) is 15.1. The molecule has 0 atom stereocenters. The summed E-state index contributed by atoms with van der Waals surface area (Å²) in [6, 6.07) is 16.1. The molecule has 0 aliphatic rings. The molecule has 1 heterocycles. The summed E-state index contributed by atoms with van der Waals surface area (Å²) in [5.41, 5.74) is 3.60. The lowest BCUT2D eigenvalue weighted by Crippen LogP contribution is -1.87. The van der Waals surface area contributed by atoms with Crippen molar-refractivity contribution in [2.75, 3.05) is 0 Å². The number of benzene rings is 2. The van der Waals surface area contributed by atoms with Crippen LogP contribution < -0.4 is 0 Å². The molecular weight excluding hydrogens is 316 g/mol. The lowest BCUT2D eigenvalue weighted by molar-refractivity contribution is 0.420. The summed E-state index contributed by atoms with van der Waals surface area (Å²) in [5.74, 6) is 1.44. The minimum Gasteiger partial charge on any atom is -0.416 e. The molecule has 0 bridgehead atoms. The summed E-state index contributed by atoms with van der Waals surface area (Å²) >= 11 is 7.43. The summed E-state index contributed by atoms with van der Waals surface area (Å²) in [7, 11) is 0. The standard InChI is InChI=1S/C17H15ClN2OS/c1-12-2-4-14(5-3-12)11-22-17-20-19-16(21-17)10-13-6-8-15(18)9-7-13/h2-9H,10-11H2,1H3. The number of rotatable bonds is 5. The predicted octanol–water partition coefficient (Wildman–Crippen LogP) is 4.91. The van der Waals surface area contributed by atoms with E-state index in [2.05, 4.69) is 41.4 Å². The summed E-state index contributed by atoms with van der Waals surface area (Å²) in [6.07, 6.45) is 0.620. The van der Waals surface area contributed by atoms with Gasteiger partial charge < -0.3 is 4.42 Å². The van der Waals surface area contributed by atoms with Crippen molar-refractivity contribution in [2.45, 2.75) is 24.3 Å². The fraction of sp³-hybridized carbons (Fsp3) is 0.176. The number of hydrogen-bond acceptors (Lipinski definition) is 4. The molecule has 3 rings (SSSR count). The second-order valence-electron chi connectivity index (χ2n) is 5.04. The largest absolute Gasteiger partial charge is 0.416 e. The fourth-order valence-corrected chi connectivity index (χ4v) is 2.84. The third-order valence-corrected chi connectivity index (χ3v) is 4.34. The highest BCUT2D eigenvalue weighted by Crippen LogP contribution is 2.22. The van der Waals surface area contributed by atoms with E-state index in [-0.39, 0.29) is 0 Å². The molecule has 0 saturated heterocycles. The Hall–Kier alpha value is -1.78. The van der Waals surface area contributed by atoms with E-state index in [4.69, 9.17) is 16.0 Å². The van der Waals surface area contributed by atoms with Crippen molar-refractivity contribution < 1.29 is 4.42 Å². The van der Waals surface area contributed by atoms with E-state index in [0.717, 1.165) is 16.3 Å². The zero-order chi connectivity index (χ0) is 15.4. The Kier molecular flexibility index (Phi) is 4.80. The normalized spacial score (nSPS) is 10.8. The van der Waals surface area contributed by atoms with Gasteiger partial charge in [0.25, 0.3) is 5.22 Å². The van der Waals surface area contributed by atoms with Crippen LogP contribution in [0.3, 0.4) is 0 Å². The van der Waals surface area contributed by atoms with E-state index in [1.807, 2.05) is 24.3 Å². The molecule has 0 radical (unpaired) electrons. The monoisotopic (exact) mass is 330 g/mol. The van der Waals surface area contributed by atoms with Crippen molar-refractivity contribution in [3.05, 3.63) is 76.1 Å².